The molecule has 2 fully saturated rings. The highest BCUT2D eigenvalue weighted by Gasteiger charge is 2.39. The molecule has 1 saturated heterocycles. The molecule has 1 aliphatic carbocycles. The summed E-state index contributed by atoms with van der Waals surface area (Å²) in [5, 5.41) is 2.41. The molecule has 212 valence electrons. The highest BCUT2D eigenvalue weighted by molar-refractivity contribution is 6.04. The number of benzene rings is 1. The Morgan fingerprint density at radius 2 is 1.78 bits per heavy atom. The van der Waals surface area contributed by atoms with Gasteiger partial charge in [0.2, 0.25) is 5.91 Å². The van der Waals surface area contributed by atoms with E-state index in [0.717, 1.165) is 49.8 Å². The normalized spacial score (nSPS) is 19.4. The molecule has 2 aliphatic rings. The van der Waals surface area contributed by atoms with Gasteiger partial charge < -0.3 is 16.0 Å². The van der Waals surface area contributed by atoms with Crippen molar-refractivity contribution in [3.8, 4) is 11.3 Å². The minimum absolute atomic E-state index is 0.0157. The van der Waals surface area contributed by atoms with E-state index in [4.69, 9.17) is 10.7 Å². The number of nitrogens with two attached hydrogens (primary N) is 1. The number of hydrogen-bond acceptors (Lipinski definition) is 6. The molecule has 3 N–H and O–H groups in total. The molecule has 0 spiro atoms. The van der Waals surface area contributed by atoms with Gasteiger partial charge in [0.25, 0.3) is 5.91 Å². The van der Waals surface area contributed by atoms with E-state index in [9.17, 15) is 22.8 Å². The van der Waals surface area contributed by atoms with Crippen LogP contribution in [-0.4, -0.2) is 48.7 Å². The van der Waals surface area contributed by atoms with Crippen LogP contribution in [0.15, 0.2) is 55.0 Å². The zero-order chi connectivity index (χ0) is 28.9. The predicted octanol–water partition coefficient (Wildman–Crippen LogP) is 5.15. The number of rotatable bonds is 5. The van der Waals surface area contributed by atoms with Crippen molar-refractivity contribution in [1.29, 1.82) is 0 Å². The first-order chi connectivity index (χ1) is 19.6. The second-order valence-electron chi connectivity index (χ2n) is 10.7. The van der Waals surface area contributed by atoms with Crippen LogP contribution in [0.4, 0.5) is 24.8 Å². The van der Waals surface area contributed by atoms with E-state index in [1.54, 1.807) is 30.5 Å². The molecule has 3 aromatic heterocycles. The van der Waals surface area contributed by atoms with Crippen LogP contribution in [0, 0.1) is 5.92 Å². The Morgan fingerprint density at radius 3 is 2.49 bits per heavy atom. The number of carbonyl (C=O) groups excluding carboxylic acids is 2. The van der Waals surface area contributed by atoms with Gasteiger partial charge in [0, 0.05) is 54.1 Å². The molecule has 2 amide bonds. The van der Waals surface area contributed by atoms with Gasteiger partial charge in [-0.15, -0.1) is 0 Å². The minimum Gasteiger partial charge on any atom is -0.382 e. The minimum atomic E-state index is -4.55. The first kappa shape index (κ1) is 26.7. The summed E-state index contributed by atoms with van der Waals surface area (Å²) in [6.07, 6.45) is 3.53. The van der Waals surface area contributed by atoms with E-state index in [1.165, 1.54) is 0 Å². The van der Waals surface area contributed by atoms with Crippen LogP contribution in [0.3, 0.4) is 0 Å². The number of alkyl halides is 3. The second-order valence-corrected chi connectivity index (χ2v) is 10.7. The Hall–Kier alpha value is -4.48. The zero-order valence-corrected chi connectivity index (χ0v) is 22.2. The molecule has 0 radical (unpaired) electrons. The van der Waals surface area contributed by atoms with E-state index >= 15 is 0 Å². The third-order valence-electron chi connectivity index (χ3n) is 7.82. The summed E-state index contributed by atoms with van der Waals surface area (Å²) in [5.74, 6) is 0.672. The van der Waals surface area contributed by atoms with E-state index in [1.807, 2.05) is 15.5 Å². The summed E-state index contributed by atoms with van der Waals surface area (Å²) in [6.45, 7) is 2.67. The van der Waals surface area contributed by atoms with Crippen molar-refractivity contribution in [3.63, 3.8) is 0 Å². The molecule has 4 heterocycles. The van der Waals surface area contributed by atoms with Crippen molar-refractivity contribution in [3.05, 3.63) is 71.9 Å². The number of fused-ring (bicyclic) bond motifs is 1. The largest absolute Gasteiger partial charge is 0.416 e. The molecule has 1 aromatic carbocycles. The van der Waals surface area contributed by atoms with Crippen LogP contribution < -0.4 is 11.1 Å². The van der Waals surface area contributed by atoms with Crippen molar-refractivity contribution in [1.82, 2.24) is 24.3 Å². The van der Waals surface area contributed by atoms with Crippen LogP contribution in [0.5, 0.6) is 0 Å². The first-order valence-corrected chi connectivity index (χ1v) is 13.5. The Balaban J connectivity index is 1.27. The summed E-state index contributed by atoms with van der Waals surface area (Å²) >= 11 is 0. The SMILES string of the molecule is C[C@@H]1CC[C@H](c2nc(-c3ccc(C(=O)Nc4cc(C(F)(F)F)ccn4)cc3)c3c(N)nccn23)CN1C(=O)C1CC1. The van der Waals surface area contributed by atoms with Gasteiger partial charge >= 0.3 is 6.18 Å². The molecule has 2 atom stereocenters. The van der Waals surface area contributed by atoms with Gasteiger partial charge in [-0.25, -0.2) is 15.0 Å². The van der Waals surface area contributed by atoms with Gasteiger partial charge in [0.15, 0.2) is 0 Å². The van der Waals surface area contributed by atoms with Gasteiger partial charge in [-0.3, -0.25) is 14.0 Å². The maximum absolute atomic E-state index is 13.0. The van der Waals surface area contributed by atoms with E-state index < -0.39 is 17.6 Å². The Morgan fingerprint density at radius 1 is 1.02 bits per heavy atom. The van der Waals surface area contributed by atoms with E-state index in [2.05, 4.69) is 22.2 Å². The van der Waals surface area contributed by atoms with Crippen LogP contribution in [0.25, 0.3) is 16.8 Å². The summed E-state index contributed by atoms with van der Waals surface area (Å²) in [5.41, 5.74) is 7.55. The molecule has 9 nitrogen and oxygen atoms in total. The maximum atomic E-state index is 13.0. The topological polar surface area (TPSA) is 119 Å². The highest BCUT2D eigenvalue weighted by atomic mass is 19.4. The molecule has 6 rings (SSSR count). The average molecular weight is 564 g/mol. The Kier molecular flexibility index (Phi) is 6.63. The molecule has 1 aliphatic heterocycles. The number of piperidine rings is 1. The van der Waals surface area contributed by atoms with Crippen LogP contribution in [0.1, 0.15) is 60.3 Å². The summed E-state index contributed by atoms with van der Waals surface area (Å²) < 4.78 is 41.0. The van der Waals surface area contributed by atoms with Gasteiger partial charge in [0.1, 0.15) is 28.7 Å². The molecule has 0 unspecified atom stereocenters. The standard InChI is InChI=1S/C29H28F3N7O2/c1-16-2-3-20(15-39(16)28(41)19-8-9-19)26-37-23(24-25(33)35-12-13-38(24)26)17-4-6-18(7-5-17)27(40)36-22-14-21(10-11-34-22)29(30,31)32/h4-7,10-14,16,19-20H,2-3,8-9,15H2,1H3,(H2,33,35)(H,34,36,40)/t16-,20+/m1/s1. The monoisotopic (exact) mass is 563 g/mol. The molecule has 41 heavy (non-hydrogen) atoms. The molecule has 12 heteroatoms. The molecule has 1 saturated carbocycles. The third kappa shape index (κ3) is 5.21. The number of nitrogens with zero attached hydrogens (tertiary/aromatic N) is 5. The number of hydrogen-bond donors (Lipinski definition) is 2. The number of carbonyl (C=O) groups is 2. The lowest BCUT2D eigenvalue weighted by Gasteiger charge is -2.37. The molecule has 4 aromatic rings. The number of pyridine rings is 1. The summed E-state index contributed by atoms with van der Waals surface area (Å²) in [4.78, 5) is 40.7. The van der Waals surface area contributed by atoms with E-state index in [0.29, 0.717) is 29.1 Å². The maximum Gasteiger partial charge on any atom is 0.416 e. The number of amides is 2. The highest BCUT2D eigenvalue weighted by Crippen LogP contribution is 2.38. The zero-order valence-electron chi connectivity index (χ0n) is 22.2. The van der Waals surface area contributed by atoms with Crippen LogP contribution in [-0.2, 0) is 11.0 Å². The molecular weight excluding hydrogens is 535 g/mol. The number of nitrogen functional groups attached to an aromatic ring is 1. The van der Waals surface area contributed by atoms with Gasteiger partial charge in [-0.05, 0) is 56.9 Å². The lowest BCUT2D eigenvalue weighted by molar-refractivity contribution is -0.138. The molecular formula is C29H28F3N7O2. The third-order valence-corrected chi connectivity index (χ3v) is 7.82. The van der Waals surface area contributed by atoms with Gasteiger partial charge in [-0.1, -0.05) is 12.1 Å². The summed E-state index contributed by atoms with van der Waals surface area (Å²) in [7, 11) is 0. The Labute approximate surface area is 233 Å². The summed E-state index contributed by atoms with van der Waals surface area (Å²) in [6, 6.07) is 8.35. The first-order valence-electron chi connectivity index (χ1n) is 13.5. The fourth-order valence-corrected chi connectivity index (χ4v) is 5.41. The molecule has 0 bridgehead atoms. The lowest BCUT2D eigenvalue weighted by Crippen LogP contribution is -2.45. The number of anilines is 2. The number of aromatic nitrogens is 4. The number of halogens is 3. The van der Waals surface area contributed by atoms with Crippen molar-refractivity contribution < 1.29 is 22.8 Å². The van der Waals surface area contributed by atoms with Crippen LogP contribution in [0.2, 0.25) is 0 Å². The quantitative estimate of drug-likeness (QED) is 0.347. The van der Waals surface area contributed by atoms with Crippen molar-refractivity contribution in [2.45, 2.75) is 50.7 Å². The Bertz CT molecular complexity index is 1630. The van der Waals surface area contributed by atoms with Crippen LogP contribution >= 0.6 is 0 Å². The van der Waals surface area contributed by atoms with Crippen molar-refractivity contribution >= 4 is 29.0 Å². The average Bonchev–Trinajstić information content (AvgIpc) is 3.73. The fourth-order valence-electron chi connectivity index (χ4n) is 5.41. The number of nitrogens with one attached hydrogen (secondary N) is 1. The predicted molar refractivity (Wildman–Crippen MR) is 146 cm³/mol. The van der Waals surface area contributed by atoms with E-state index in [-0.39, 0.29) is 35.2 Å². The van der Waals surface area contributed by atoms with Crippen molar-refractivity contribution in [2.24, 2.45) is 5.92 Å². The van der Waals surface area contributed by atoms with Gasteiger partial charge in [0.05, 0.1) is 5.56 Å². The number of imidazole rings is 1. The number of likely N-dealkylation sites (tertiary alicyclic amines) is 1. The van der Waals surface area contributed by atoms with Gasteiger partial charge in [-0.2, -0.15) is 13.2 Å². The smallest absolute Gasteiger partial charge is 0.382 e. The lowest BCUT2D eigenvalue weighted by atomic mass is 9.92. The van der Waals surface area contributed by atoms with Crippen molar-refractivity contribution in [2.75, 3.05) is 17.6 Å². The second kappa shape index (κ2) is 10.2. The fraction of sp³-hybridized carbons (Fsp3) is 0.345.